The standard InChI is InChI=1S/C18H21NO3/c1-3-17(22-15-10-6-5-7-11-15)18(20)19-14-9-8-12-16(13-14)21-4-2/h5-13,17H,3-4H2,1-2H3,(H,19,20)/t17-/m1/s1. The Morgan fingerprint density at radius 2 is 1.77 bits per heavy atom. The van der Waals surface area contributed by atoms with Crippen molar-refractivity contribution in [2.75, 3.05) is 11.9 Å². The Bertz CT molecular complexity index is 598. The van der Waals surface area contributed by atoms with E-state index in [0.29, 0.717) is 24.5 Å². The molecule has 0 aliphatic carbocycles. The minimum absolute atomic E-state index is 0.167. The van der Waals surface area contributed by atoms with Gasteiger partial charge in [-0.15, -0.1) is 0 Å². The largest absolute Gasteiger partial charge is 0.494 e. The van der Waals surface area contributed by atoms with E-state index in [1.165, 1.54) is 0 Å². The van der Waals surface area contributed by atoms with Gasteiger partial charge in [-0.1, -0.05) is 31.2 Å². The number of carbonyl (C=O) groups excluding carboxylic acids is 1. The maximum Gasteiger partial charge on any atom is 0.265 e. The maximum absolute atomic E-state index is 12.3. The van der Waals surface area contributed by atoms with E-state index < -0.39 is 6.10 Å². The van der Waals surface area contributed by atoms with E-state index in [4.69, 9.17) is 9.47 Å². The lowest BCUT2D eigenvalue weighted by Crippen LogP contribution is -2.32. The SMILES string of the molecule is CCOc1cccc(NC(=O)[C@@H](CC)Oc2ccccc2)c1. The zero-order valence-electron chi connectivity index (χ0n) is 12.9. The molecule has 0 spiro atoms. The van der Waals surface area contributed by atoms with Gasteiger partial charge in [-0.05, 0) is 37.6 Å². The van der Waals surface area contributed by atoms with Crippen molar-refractivity contribution in [3.05, 3.63) is 54.6 Å². The fraction of sp³-hybridized carbons (Fsp3) is 0.278. The lowest BCUT2D eigenvalue weighted by Gasteiger charge is -2.17. The number of rotatable bonds is 7. The van der Waals surface area contributed by atoms with Gasteiger partial charge in [-0.3, -0.25) is 4.79 Å². The maximum atomic E-state index is 12.3. The molecule has 116 valence electrons. The molecule has 0 radical (unpaired) electrons. The quantitative estimate of drug-likeness (QED) is 0.844. The molecule has 0 fully saturated rings. The minimum atomic E-state index is -0.529. The number of hydrogen-bond donors (Lipinski definition) is 1. The van der Waals surface area contributed by atoms with Crippen molar-refractivity contribution >= 4 is 11.6 Å². The second kappa shape index (κ2) is 8.08. The summed E-state index contributed by atoms with van der Waals surface area (Å²) in [4.78, 5) is 12.3. The number of para-hydroxylation sites is 1. The summed E-state index contributed by atoms with van der Waals surface area (Å²) in [5.41, 5.74) is 0.700. The van der Waals surface area contributed by atoms with Gasteiger partial charge in [0.05, 0.1) is 6.61 Å². The third kappa shape index (κ3) is 4.52. The number of benzene rings is 2. The number of ether oxygens (including phenoxy) is 2. The average Bonchev–Trinajstić information content (AvgIpc) is 2.54. The van der Waals surface area contributed by atoms with Crippen LogP contribution in [0.3, 0.4) is 0 Å². The van der Waals surface area contributed by atoms with Gasteiger partial charge in [0, 0.05) is 11.8 Å². The van der Waals surface area contributed by atoms with E-state index in [2.05, 4.69) is 5.32 Å². The summed E-state index contributed by atoms with van der Waals surface area (Å²) >= 11 is 0. The first-order chi connectivity index (χ1) is 10.7. The van der Waals surface area contributed by atoms with E-state index in [0.717, 1.165) is 5.75 Å². The lowest BCUT2D eigenvalue weighted by atomic mass is 10.2. The van der Waals surface area contributed by atoms with Crippen LogP contribution >= 0.6 is 0 Å². The van der Waals surface area contributed by atoms with Crippen molar-refractivity contribution in [3.8, 4) is 11.5 Å². The number of nitrogens with one attached hydrogen (secondary N) is 1. The van der Waals surface area contributed by atoms with Crippen molar-refractivity contribution in [2.45, 2.75) is 26.4 Å². The minimum Gasteiger partial charge on any atom is -0.494 e. The summed E-state index contributed by atoms with van der Waals surface area (Å²) in [6, 6.07) is 16.7. The first-order valence-electron chi connectivity index (χ1n) is 7.48. The average molecular weight is 299 g/mol. The van der Waals surface area contributed by atoms with Crippen molar-refractivity contribution in [2.24, 2.45) is 0 Å². The molecule has 0 aliphatic rings. The van der Waals surface area contributed by atoms with Gasteiger partial charge in [0.15, 0.2) is 6.10 Å². The van der Waals surface area contributed by atoms with Gasteiger partial charge >= 0.3 is 0 Å². The zero-order chi connectivity index (χ0) is 15.8. The van der Waals surface area contributed by atoms with E-state index in [9.17, 15) is 4.79 Å². The van der Waals surface area contributed by atoms with Gasteiger partial charge in [-0.25, -0.2) is 0 Å². The van der Waals surface area contributed by atoms with Crippen molar-refractivity contribution < 1.29 is 14.3 Å². The molecule has 2 aromatic rings. The highest BCUT2D eigenvalue weighted by atomic mass is 16.5. The Morgan fingerprint density at radius 1 is 1.05 bits per heavy atom. The summed E-state index contributed by atoms with van der Waals surface area (Å²) in [6.07, 6.45) is 0.0597. The van der Waals surface area contributed by atoms with E-state index in [1.807, 2.05) is 62.4 Å². The van der Waals surface area contributed by atoms with E-state index >= 15 is 0 Å². The molecule has 0 aliphatic heterocycles. The third-order valence-electron chi connectivity index (χ3n) is 3.10. The van der Waals surface area contributed by atoms with Gasteiger partial charge in [0.25, 0.3) is 5.91 Å². The molecule has 2 rings (SSSR count). The molecule has 22 heavy (non-hydrogen) atoms. The highest BCUT2D eigenvalue weighted by Crippen LogP contribution is 2.19. The van der Waals surface area contributed by atoms with Crippen LogP contribution in [-0.2, 0) is 4.79 Å². The van der Waals surface area contributed by atoms with Crippen molar-refractivity contribution in [1.82, 2.24) is 0 Å². The van der Waals surface area contributed by atoms with Crippen LogP contribution < -0.4 is 14.8 Å². The Balaban J connectivity index is 2.01. The highest BCUT2D eigenvalue weighted by Gasteiger charge is 2.18. The lowest BCUT2D eigenvalue weighted by molar-refractivity contribution is -0.122. The normalized spacial score (nSPS) is 11.5. The highest BCUT2D eigenvalue weighted by molar-refractivity contribution is 5.94. The summed E-state index contributed by atoms with van der Waals surface area (Å²) in [5.74, 6) is 1.25. The zero-order valence-corrected chi connectivity index (χ0v) is 12.9. The molecule has 1 amide bonds. The number of hydrogen-bond acceptors (Lipinski definition) is 3. The predicted octanol–water partition coefficient (Wildman–Crippen LogP) is 3.88. The van der Waals surface area contributed by atoms with Crippen molar-refractivity contribution in [1.29, 1.82) is 0 Å². The van der Waals surface area contributed by atoms with E-state index in [-0.39, 0.29) is 5.91 Å². The van der Waals surface area contributed by atoms with Crippen molar-refractivity contribution in [3.63, 3.8) is 0 Å². The molecule has 0 saturated carbocycles. The fourth-order valence-electron chi connectivity index (χ4n) is 2.04. The number of amides is 1. The fourth-order valence-corrected chi connectivity index (χ4v) is 2.04. The third-order valence-corrected chi connectivity index (χ3v) is 3.10. The van der Waals surface area contributed by atoms with Crippen LogP contribution in [0.2, 0.25) is 0 Å². The molecular formula is C18H21NO3. The van der Waals surface area contributed by atoms with Crippen LogP contribution in [0.25, 0.3) is 0 Å². The van der Waals surface area contributed by atoms with Crippen LogP contribution in [0, 0.1) is 0 Å². The van der Waals surface area contributed by atoms with E-state index in [1.54, 1.807) is 6.07 Å². The van der Waals surface area contributed by atoms with Gasteiger partial charge in [0.1, 0.15) is 11.5 Å². The molecule has 0 aromatic heterocycles. The monoisotopic (exact) mass is 299 g/mol. The first kappa shape index (κ1) is 15.9. The van der Waals surface area contributed by atoms with Gasteiger partial charge in [0.2, 0.25) is 0 Å². The Labute approximate surface area is 131 Å². The Morgan fingerprint density at radius 3 is 2.45 bits per heavy atom. The molecule has 0 saturated heterocycles. The van der Waals surface area contributed by atoms with Gasteiger partial charge < -0.3 is 14.8 Å². The Hall–Kier alpha value is -2.49. The molecule has 1 atom stereocenters. The summed E-state index contributed by atoms with van der Waals surface area (Å²) in [5, 5.41) is 2.87. The van der Waals surface area contributed by atoms with Crippen LogP contribution in [-0.4, -0.2) is 18.6 Å². The molecule has 2 aromatic carbocycles. The molecule has 0 heterocycles. The Kier molecular flexibility index (Phi) is 5.83. The second-order valence-electron chi connectivity index (χ2n) is 4.78. The van der Waals surface area contributed by atoms with Gasteiger partial charge in [-0.2, -0.15) is 0 Å². The summed E-state index contributed by atoms with van der Waals surface area (Å²) < 4.78 is 11.2. The molecular weight excluding hydrogens is 278 g/mol. The van der Waals surface area contributed by atoms with Crippen LogP contribution in [0.15, 0.2) is 54.6 Å². The smallest absolute Gasteiger partial charge is 0.265 e. The first-order valence-corrected chi connectivity index (χ1v) is 7.48. The summed E-state index contributed by atoms with van der Waals surface area (Å²) in [7, 11) is 0. The van der Waals surface area contributed by atoms with Crippen LogP contribution in [0.5, 0.6) is 11.5 Å². The molecule has 1 N–H and O–H groups in total. The molecule has 0 unspecified atom stereocenters. The van der Waals surface area contributed by atoms with Crippen LogP contribution in [0.4, 0.5) is 5.69 Å². The number of carbonyl (C=O) groups is 1. The second-order valence-corrected chi connectivity index (χ2v) is 4.78. The molecule has 0 bridgehead atoms. The molecule has 4 nitrogen and oxygen atoms in total. The molecule has 4 heteroatoms. The predicted molar refractivity (Wildman–Crippen MR) is 87.4 cm³/mol. The summed E-state index contributed by atoms with van der Waals surface area (Å²) in [6.45, 7) is 4.43. The number of anilines is 1. The topological polar surface area (TPSA) is 47.6 Å². The van der Waals surface area contributed by atoms with Crippen LogP contribution in [0.1, 0.15) is 20.3 Å².